The molecule has 68 heavy (non-hydrogen) atoms. The second-order valence-electron chi connectivity index (χ2n) is 23.5. The number of hydrogen-bond acceptors (Lipinski definition) is 8. The van der Waals surface area contributed by atoms with Crippen LogP contribution < -0.4 is 9.47 Å². The van der Waals surface area contributed by atoms with Gasteiger partial charge in [-0.05, 0) is 189 Å². The Bertz CT molecular complexity index is 1910. The molecule has 0 aromatic heterocycles. The topological polar surface area (TPSA) is 84.0 Å². The van der Waals surface area contributed by atoms with Crippen molar-refractivity contribution in [3.05, 3.63) is 59.7 Å². The fourth-order valence-corrected chi connectivity index (χ4v) is 13.9. The molecule has 0 unspecified atom stereocenters. The molecule has 10 aliphatic rings. The van der Waals surface area contributed by atoms with Crippen molar-refractivity contribution in [2.75, 3.05) is 92.0 Å². The Kier molecular flexibility index (Phi) is 13.6. The molecule has 4 aliphatic carbocycles. The van der Waals surface area contributed by atoms with E-state index < -0.39 is 11.3 Å². The largest absolute Gasteiger partial charge is 0.493 e. The quantitative estimate of drug-likeness (QED) is 0.209. The van der Waals surface area contributed by atoms with Gasteiger partial charge in [0.05, 0.1) is 13.2 Å². The minimum absolute atomic E-state index is 0.236. The lowest BCUT2D eigenvalue weighted by Crippen LogP contribution is -2.60. The van der Waals surface area contributed by atoms with E-state index in [0.717, 1.165) is 129 Å². The molecular weight excluding hydrogens is 863 g/mol. The van der Waals surface area contributed by atoms with Crippen LogP contribution in [0.1, 0.15) is 139 Å². The molecule has 10 fully saturated rings. The van der Waals surface area contributed by atoms with Crippen molar-refractivity contribution in [2.45, 2.75) is 151 Å². The smallest absolute Gasteiger partial charge is 0.260 e. The summed E-state index contributed by atoms with van der Waals surface area (Å²) in [5.41, 5.74) is 0.259. The Balaban J connectivity index is 0.000000149. The maximum absolute atomic E-state index is 14.1. The second kappa shape index (κ2) is 19.7. The molecule has 2 spiro atoms. The van der Waals surface area contributed by atoms with E-state index in [4.69, 9.17) is 18.9 Å². The van der Waals surface area contributed by atoms with Gasteiger partial charge in [-0.1, -0.05) is 36.4 Å². The number of hydrogen-bond donors (Lipinski definition) is 0. The van der Waals surface area contributed by atoms with Gasteiger partial charge in [0, 0.05) is 75.5 Å². The zero-order chi connectivity index (χ0) is 46.4. The zero-order valence-corrected chi connectivity index (χ0v) is 40.7. The van der Waals surface area contributed by atoms with Gasteiger partial charge in [-0.3, -0.25) is 9.59 Å². The number of carbonyl (C=O) groups is 2. The lowest BCUT2D eigenvalue weighted by Gasteiger charge is -2.49. The van der Waals surface area contributed by atoms with Crippen LogP contribution in [0.2, 0.25) is 0 Å². The summed E-state index contributed by atoms with van der Waals surface area (Å²) >= 11 is 0. The van der Waals surface area contributed by atoms with Crippen LogP contribution in [0.5, 0.6) is 11.5 Å². The number of halogens is 2. The Morgan fingerprint density at radius 2 is 0.882 bits per heavy atom. The maximum Gasteiger partial charge on any atom is 0.260 e. The molecule has 6 heterocycles. The summed E-state index contributed by atoms with van der Waals surface area (Å²) in [6, 6.07) is 18.6. The summed E-state index contributed by atoms with van der Waals surface area (Å²) in [4.78, 5) is 33.6. The number of carbonyl (C=O) groups excluding carboxylic acids is 2. The lowest BCUT2D eigenvalue weighted by atomic mass is 9.77. The SMILES string of the molecule is O=C(N1CC2(CC[C@@H](N3CCC(c4ccccc4OCC4CCOCC4)CC3)C2)C1)C1(F)CC1.O=C(N1CC2(CC[C@H](N3CCC(c4ccccc4OCC4CCOCC4)CC3)C2)C1)C1(F)CC1. The van der Waals surface area contributed by atoms with Crippen molar-refractivity contribution >= 4 is 11.8 Å². The fourth-order valence-electron chi connectivity index (χ4n) is 13.9. The number of benzene rings is 2. The molecular formula is C56H78F2N4O6. The number of nitrogens with zero attached hydrogens (tertiary/aromatic N) is 4. The van der Waals surface area contributed by atoms with E-state index in [2.05, 4.69) is 58.3 Å². The van der Waals surface area contributed by atoms with Gasteiger partial charge in [0.1, 0.15) is 11.5 Å². The summed E-state index contributed by atoms with van der Waals surface area (Å²) in [6.45, 7) is 12.7. The van der Waals surface area contributed by atoms with Gasteiger partial charge in [-0.2, -0.15) is 0 Å². The predicted octanol–water partition coefficient (Wildman–Crippen LogP) is 9.11. The molecule has 2 amide bonds. The zero-order valence-electron chi connectivity index (χ0n) is 40.7. The standard InChI is InChI=1S/2C28H39FN2O3/c2*29-28(11-12-28)26(32)31-19-27(20-31)10-5-23(17-27)30-13-6-22(7-14-30)24-3-1-2-4-25(24)34-18-21-8-15-33-16-9-21/h2*1-4,21-23H,5-20H2/t2*23-/m10/s1. The van der Waals surface area contributed by atoms with Crippen LogP contribution in [0.4, 0.5) is 8.78 Å². The molecule has 10 nitrogen and oxygen atoms in total. The van der Waals surface area contributed by atoms with Crippen molar-refractivity contribution < 1.29 is 37.3 Å². The summed E-state index contributed by atoms with van der Waals surface area (Å²) in [5.74, 6) is 4.02. The molecule has 0 radical (unpaired) electrons. The number of ether oxygens (including phenoxy) is 4. The molecule has 2 aromatic carbocycles. The maximum atomic E-state index is 14.1. The van der Waals surface area contributed by atoms with Crippen LogP contribution in [0.15, 0.2) is 48.5 Å². The first kappa shape index (κ1) is 47.0. The molecule has 6 saturated heterocycles. The van der Waals surface area contributed by atoms with Gasteiger partial charge in [-0.15, -0.1) is 0 Å². The van der Waals surface area contributed by atoms with Crippen LogP contribution in [-0.2, 0) is 19.1 Å². The van der Waals surface area contributed by atoms with Crippen molar-refractivity contribution in [2.24, 2.45) is 22.7 Å². The molecule has 0 bridgehead atoms. The molecule has 6 aliphatic heterocycles. The Labute approximate surface area is 404 Å². The predicted molar refractivity (Wildman–Crippen MR) is 258 cm³/mol. The van der Waals surface area contributed by atoms with Crippen molar-refractivity contribution in [1.29, 1.82) is 0 Å². The second-order valence-corrected chi connectivity index (χ2v) is 23.5. The van der Waals surface area contributed by atoms with E-state index in [0.29, 0.717) is 61.4 Å². The first-order chi connectivity index (χ1) is 33.1. The van der Waals surface area contributed by atoms with Crippen molar-refractivity contribution in [1.82, 2.24) is 19.6 Å². The highest BCUT2D eigenvalue weighted by Gasteiger charge is 2.60. The number of likely N-dealkylation sites (tertiary alicyclic amines) is 4. The van der Waals surface area contributed by atoms with Crippen LogP contribution in [-0.4, -0.2) is 147 Å². The Morgan fingerprint density at radius 3 is 1.25 bits per heavy atom. The minimum atomic E-state index is -1.51. The summed E-state index contributed by atoms with van der Waals surface area (Å²) in [6.07, 6.45) is 18.0. The van der Waals surface area contributed by atoms with Crippen molar-refractivity contribution in [3.8, 4) is 11.5 Å². The Morgan fingerprint density at radius 1 is 0.515 bits per heavy atom. The van der Waals surface area contributed by atoms with E-state index in [1.54, 1.807) is 9.80 Å². The van der Waals surface area contributed by atoms with Crippen LogP contribution in [0.3, 0.4) is 0 Å². The molecule has 4 saturated carbocycles. The van der Waals surface area contributed by atoms with Gasteiger partial charge < -0.3 is 38.5 Å². The van der Waals surface area contributed by atoms with Gasteiger partial charge in [0.2, 0.25) is 0 Å². The van der Waals surface area contributed by atoms with Gasteiger partial charge in [-0.25, -0.2) is 8.78 Å². The minimum Gasteiger partial charge on any atom is -0.493 e. The van der Waals surface area contributed by atoms with Crippen LogP contribution in [0.25, 0.3) is 0 Å². The van der Waals surface area contributed by atoms with E-state index in [1.165, 1.54) is 75.3 Å². The van der Waals surface area contributed by atoms with E-state index in [1.807, 2.05) is 0 Å². The summed E-state index contributed by atoms with van der Waals surface area (Å²) < 4.78 is 51.9. The van der Waals surface area contributed by atoms with Gasteiger partial charge >= 0.3 is 0 Å². The number of piperidine rings is 2. The van der Waals surface area contributed by atoms with Gasteiger partial charge in [0.25, 0.3) is 11.8 Å². The lowest BCUT2D eigenvalue weighted by molar-refractivity contribution is -0.151. The Hall–Kier alpha value is -3.32. The molecule has 12 heteroatoms. The molecule has 0 N–H and O–H groups in total. The third-order valence-electron chi connectivity index (χ3n) is 18.6. The number of rotatable bonds is 12. The van der Waals surface area contributed by atoms with E-state index in [9.17, 15) is 18.4 Å². The monoisotopic (exact) mass is 941 g/mol. The first-order valence-electron chi connectivity index (χ1n) is 27.1. The highest BCUT2D eigenvalue weighted by Crippen LogP contribution is 2.53. The van der Waals surface area contributed by atoms with Gasteiger partial charge in [0.15, 0.2) is 11.3 Å². The van der Waals surface area contributed by atoms with Crippen molar-refractivity contribution in [3.63, 3.8) is 0 Å². The number of para-hydroxylation sites is 2. The molecule has 372 valence electrons. The molecule has 2 aromatic rings. The molecule has 12 rings (SSSR count). The summed E-state index contributed by atoms with van der Waals surface area (Å²) in [7, 11) is 0. The average Bonchev–Trinajstić information content (AvgIpc) is 4.18. The van der Waals surface area contributed by atoms with Crippen LogP contribution in [0, 0.1) is 22.7 Å². The molecule has 2 atom stereocenters. The summed E-state index contributed by atoms with van der Waals surface area (Å²) in [5, 5.41) is 0. The number of alkyl halides is 2. The highest BCUT2D eigenvalue weighted by atomic mass is 19.1. The van der Waals surface area contributed by atoms with E-state index >= 15 is 0 Å². The first-order valence-corrected chi connectivity index (χ1v) is 27.1. The van der Waals surface area contributed by atoms with E-state index in [-0.39, 0.29) is 22.6 Å². The highest BCUT2D eigenvalue weighted by molar-refractivity contribution is 5.89. The third-order valence-corrected chi connectivity index (χ3v) is 18.6. The average molecular weight is 941 g/mol. The fraction of sp³-hybridized carbons (Fsp3) is 0.750. The third kappa shape index (κ3) is 10.2. The normalized spacial score (nSPS) is 29.2. The number of amides is 2. The van der Waals surface area contributed by atoms with Crippen LogP contribution >= 0.6 is 0 Å².